The maximum atomic E-state index is 7.19. The van der Waals surface area contributed by atoms with Gasteiger partial charge in [0, 0.05) is 6.20 Å². The van der Waals surface area contributed by atoms with Gasteiger partial charge >= 0.3 is 0 Å². The number of aromatic nitrogens is 1. The Morgan fingerprint density at radius 2 is 2.50 bits per heavy atom. The van der Waals surface area contributed by atoms with E-state index >= 15 is 0 Å². The van der Waals surface area contributed by atoms with Crippen molar-refractivity contribution in [2.24, 2.45) is 5.73 Å². The van der Waals surface area contributed by atoms with Crippen LogP contribution in [0.5, 0.6) is 5.75 Å². The Labute approximate surface area is 70.9 Å². The zero-order valence-electron chi connectivity index (χ0n) is 6.87. The normalized spacial score (nSPS) is 9.42. The lowest BCUT2D eigenvalue weighted by Gasteiger charge is -2.06. The molecule has 0 fully saturated rings. The van der Waals surface area contributed by atoms with E-state index in [0.717, 1.165) is 0 Å². The Morgan fingerprint density at radius 3 is 3.08 bits per heavy atom. The molecule has 0 unspecified atom stereocenters. The van der Waals surface area contributed by atoms with E-state index in [0.29, 0.717) is 18.1 Å². The molecular formula is C8H11N3O. The number of nitrogens with two attached hydrogens (primary N) is 1. The van der Waals surface area contributed by atoms with Crippen LogP contribution in [0.15, 0.2) is 18.3 Å². The van der Waals surface area contributed by atoms with Crippen LogP contribution in [0, 0.1) is 5.41 Å². The first-order chi connectivity index (χ1) is 5.75. The van der Waals surface area contributed by atoms with Crippen molar-refractivity contribution in [3.8, 4) is 5.75 Å². The Bertz CT molecular complexity index is 285. The van der Waals surface area contributed by atoms with Gasteiger partial charge < -0.3 is 10.5 Å². The highest BCUT2D eigenvalue weighted by Crippen LogP contribution is 2.13. The summed E-state index contributed by atoms with van der Waals surface area (Å²) in [5.41, 5.74) is 5.69. The SMILES string of the molecule is CCOc1cccnc1C(=N)N. The van der Waals surface area contributed by atoms with Gasteiger partial charge in [0.1, 0.15) is 17.3 Å². The van der Waals surface area contributed by atoms with Crippen molar-refractivity contribution < 1.29 is 4.74 Å². The molecule has 1 aromatic rings. The third-order valence-electron chi connectivity index (χ3n) is 1.33. The lowest BCUT2D eigenvalue weighted by Crippen LogP contribution is -2.14. The van der Waals surface area contributed by atoms with Crippen molar-refractivity contribution in [1.29, 1.82) is 5.41 Å². The van der Waals surface area contributed by atoms with E-state index in [-0.39, 0.29) is 5.84 Å². The van der Waals surface area contributed by atoms with Gasteiger partial charge in [-0.1, -0.05) is 0 Å². The van der Waals surface area contributed by atoms with E-state index in [1.807, 2.05) is 6.92 Å². The molecule has 0 saturated carbocycles. The monoisotopic (exact) mass is 165 g/mol. The average Bonchev–Trinajstić information content (AvgIpc) is 2.05. The molecule has 0 bridgehead atoms. The summed E-state index contributed by atoms with van der Waals surface area (Å²) in [6.45, 7) is 2.42. The van der Waals surface area contributed by atoms with E-state index < -0.39 is 0 Å². The summed E-state index contributed by atoms with van der Waals surface area (Å²) in [6.07, 6.45) is 1.58. The van der Waals surface area contributed by atoms with Gasteiger partial charge in [0.05, 0.1) is 6.61 Å². The standard InChI is InChI=1S/C8H11N3O/c1-2-12-6-4-3-5-11-7(6)8(9)10/h3-5H,2H2,1H3,(H3,9,10). The molecular weight excluding hydrogens is 154 g/mol. The van der Waals surface area contributed by atoms with Crippen LogP contribution in [0.3, 0.4) is 0 Å². The molecule has 1 rings (SSSR count). The third kappa shape index (κ3) is 1.72. The summed E-state index contributed by atoms with van der Waals surface area (Å²) >= 11 is 0. The van der Waals surface area contributed by atoms with E-state index in [1.54, 1.807) is 18.3 Å². The number of pyridine rings is 1. The van der Waals surface area contributed by atoms with Crippen molar-refractivity contribution in [1.82, 2.24) is 4.98 Å². The minimum absolute atomic E-state index is 0.0703. The van der Waals surface area contributed by atoms with Gasteiger partial charge in [-0.25, -0.2) is 4.98 Å². The zero-order valence-corrected chi connectivity index (χ0v) is 6.87. The molecule has 0 amide bonds. The van der Waals surface area contributed by atoms with E-state index in [1.165, 1.54) is 0 Å². The maximum absolute atomic E-state index is 7.19. The highest BCUT2D eigenvalue weighted by molar-refractivity contribution is 5.95. The molecule has 4 nitrogen and oxygen atoms in total. The van der Waals surface area contributed by atoms with Crippen molar-refractivity contribution >= 4 is 5.84 Å². The highest BCUT2D eigenvalue weighted by atomic mass is 16.5. The van der Waals surface area contributed by atoms with Gasteiger partial charge in [0.2, 0.25) is 0 Å². The number of hydrogen-bond acceptors (Lipinski definition) is 3. The Balaban J connectivity index is 3.00. The molecule has 4 heteroatoms. The first kappa shape index (κ1) is 8.52. The molecule has 0 aliphatic carbocycles. The minimum Gasteiger partial charge on any atom is -0.491 e. The highest BCUT2D eigenvalue weighted by Gasteiger charge is 2.05. The van der Waals surface area contributed by atoms with Gasteiger partial charge in [-0.3, -0.25) is 5.41 Å². The fourth-order valence-electron chi connectivity index (χ4n) is 0.865. The van der Waals surface area contributed by atoms with Crippen LogP contribution in [-0.2, 0) is 0 Å². The Hall–Kier alpha value is -1.58. The second-order valence-corrected chi connectivity index (χ2v) is 2.20. The van der Waals surface area contributed by atoms with Crippen LogP contribution in [0.2, 0.25) is 0 Å². The van der Waals surface area contributed by atoms with Gasteiger partial charge in [-0.15, -0.1) is 0 Å². The van der Waals surface area contributed by atoms with Crippen molar-refractivity contribution in [2.45, 2.75) is 6.92 Å². The smallest absolute Gasteiger partial charge is 0.148 e. The minimum atomic E-state index is -0.0703. The number of rotatable bonds is 3. The molecule has 12 heavy (non-hydrogen) atoms. The summed E-state index contributed by atoms with van der Waals surface area (Å²) in [5, 5.41) is 7.19. The van der Waals surface area contributed by atoms with Crippen LogP contribution in [0.4, 0.5) is 0 Å². The number of nitrogens with zero attached hydrogens (tertiary/aromatic N) is 1. The first-order valence-corrected chi connectivity index (χ1v) is 3.68. The predicted octanol–water partition coefficient (Wildman–Crippen LogP) is 0.764. The molecule has 0 saturated heterocycles. The largest absolute Gasteiger partial charge is 0.491 e. The zero-order chi connectivity index (χ0) is 8.97. The van der Waals surface area contributed by atoms with Crippen molar-refractivity contribution in [3.63, 3.8) is 0 Å². The molecule has 0 aliphatic heterocycles. The third-order valence-corrected chi connectivity index (χ3v) is 1.33. The molecule has 3 N–H and O–H groups in total. The van der Waals surface area contributed by atoms with Gasteiger partial charge in [-0.2, -0.15) is 0 Å². The molecule has 1 heterocycles. The molecule has 0 atom stereocenters. The molecule has 64 valence electrons. The lowest BCUT2D eigenvalue weighted by molar-refractivity contribution is 0.338. The van der Waals surface area contributed by atoms with Crippen molar-refractivity contribution in [3.05, 3.63) is 24.0 Å². The summed E-state index contributed by atoms with van der Waals surface area (Å²) in [4.78, 5) is 3.92. The number of amidine groups is 1. The summed E-state index contributed by atoms with van der Waals surface area (Å²) in [5.74, 6) is 0.492. The van der Waals surface area contributed by atoms with E-state index in [2.05, 4.69) is 4.98 Å². The number of ether oxygens (including phenoxy) is 1. The molecule has 0 radical (unpaired) electrons. The Morgan fingerprint density at radius 1 is 1.75 bits per heavy atom. The predicted molar refractivity (Wildman–Crippen MR) is 46.4 cm³/mol. The first-order valence-electron chi connectivity index (χ1n) is 3.68. The van der Waals surface area contributed by atoms with Gasteiger partial charge in [0.15, 0.2) is 0 Å². The lowest BCUT2D eigenvalue weighted by atomic mass is 10.3. The fourth-order valence-corrected chi connectivity index (χ4v) is 0.865. The van der Waals surface area contributed by atoms with E-state index in [4.69, 9.17) is 15.9 Å². The van der Waals surface area contributed by atoms with Gasteiger partial charge in [0.25, 0.3) is 0 Å². The number of nitrogen functional groups attached to an aromatic ring is 1. The van der Waals surface area contributed by atoms with Crippen LogP contribution in [0.25, 0.3) is 0 Å². The quantitative estimate of drug-likeness (QED) is 0.513. The average molecular weight is 165 g/mol. The van der Waals surface area contributed by atoms with Crippen LogP contribution in [-0.4, -0.2) is 17.4 Å². The summed E-state index contributed by atoms with van der Waals surface area (Å²) in [7, 11) is 0. The van der Waals surface area contributed by atoms with Crippen LogP contribution < -0.4 is 10.5 Å². The second kappa shape index (κ2) is 3.71. The number of hydrogen-bond donors (Lipinski definition) is 2. The summed E-state index contributed by atoms with van der Waals surface area (Å²) < 4.78 is 5.21. The topological polar surface area (TPSA) is 72.0 Å². The Kier molecular flexibility index (Phi) is 2.63. The van der Waals surface area contributed by atoms with Gasteiger partial charge in [-0.05, 0) is 19.1 Å². The molecule has 0 aromatic carbocycles. The summed E-state index contributed by atoms with van der Waals surface area (Å²) in [6, 6.07) is 3.49. The fraction of sp³-hybridized carbons (Fsp3) is 0.250. The van der Waals surface area contributed by atoms with E-state index in [9.17, 15) is 0 Å². The molecule has 1 aromatic heterocycles. The van der Waals surface area contributed by atoms with Crippen LogP contribution in [0.1, 0.15) is 12.6 Å². The van der Waals surface area contributed by atoms with Crippen molar-refractivity contribution in [2.75, 3.05) is 6.61 Å². The van der Waals surface area contributed by atoms with Crippen LogP contribution >= 0.6 is 0 Å². The second-order valence-electron chi connectivity index (χ2n) is 2.20. The molecule has 0 spiro atoms. The molecule has 0 aliphatic rings. The number of nitrogens with one attached hydrogen (secondary N) is 1. The maximum Gasteiger partial charge on any atom is 0.148 e.